The second-order valence-electron chi connectivity index (χ2n) is 5.15. The van der Waals surface area contributed by atoms with Crippen molar-refractivity contribution < 1.29 is 19.2 Å². The van der Waals surface area contributed by atoms with Crippen LogP contribution in [-0.2, 0) is 16.1 Å². The Morgan fingerprint density at radius 2 is 1.96 bits per heavy atom. The fourth-order valence-electron chi connectivity index (χ4n) is 1.97. The van der Waals surface area contributed by atoms with Gasteiger partial charge in [-0.1, -0.05) is 30.3 Å². The van der Waals surface area contributed by atoms with Gasteiger partial charge >= 0.3 is 5.97 Å². The number of halogens is 1. The van der Waals surface area contributed by atoms with Crippen molar-refractivity contribution >= 4 is 29.3 Å². The van der Waals surface area contributed by atoms with Crippen LogP contribution in [0, 0.1) is 10.1 Å². The van der Waals surface area contributed by atoms with Crippen LogP contribution < -0.4 is 4.74 Å². The van der Waals surface area contributed by atoms with Crippen LogP contribution in [0.15, 0.2) is 61.2 Å². The maximum absolute atomic E-state index is 11.4. The number of nitrogens with zero attached hydrogens (tertiary/aromatic N) is 1. The molecule has 134 valence electrons. The number of nitro groups is 1. The molecule has 0 heterocycles. The van der Waals surface area contributed by atoms with E-state index in [0.717, 1.165) is 5.56 Å². The van der Waals surface area contributed by atoms with E-state index in [-0.39, 0.29) is 18.9 Å². The first-order chi connectivity index (χ1) is 12.5. The van der Waals surface area contributed by atoms with Crippen molar-refractivity contribution in [2.24, 2.45) is 0 Å². The highest BCUT2D eigenvalue weighted by Gasteiger charge is 2.06. The molecule has 0 saturated heterocycles. The molecule has 2 aromatic rings. The monoisotopic (exact) mass is 373 g/mol. The molecule has 0 atom stereocenters. The minimum atomic E-state index is -0.473. The predicted octanol–water partition coefficient (Wildman–Crippen LogP) is 4.57. The molecule has 0 aliphatic rings. The first-order valence-corrected chi connectivity index (χ1v) is 7.99. The molecule has 0 aromatic heterocycles. The number of rotatable bonds is 8. The molecule has 0 aliphatic carbocycles. The van der Waals surface area contributed by atoms with Crippen molar-refractivity contribution in [3.63, 3.8) is 0 Å². The number of nitro benzene ring substituents is 1. The Balaban J connectivity index is 1.96. The standard InChI is InChI=1S/C19H16ClNO5/c1-2-11-25-19(22)10-6-14-5-9-18(17(20)12-14)26-13-15-3-7-16(8-4-15)21(23)24/h2-10,12H,1,11,13H2/b10-6+. The molecule has 0 bridgehead atoms. The Bertz CT molecular complexity index is 830. The van der Waals surface area contributed by atoms with Gasteiger partial charge in [0.25, 0.3) is 5.69 Å². The summed E-state index contributed by atoms with van der Waals surface area (Å²) in [5.74, 6) is -0.00377. The fourth-order valence-corrected chi connectivity index (χ4v) is 2.21. The quantitative estimate of drug-likeness (QED) is 0.223. The first-order valence-electron chi connectivity index (χ1n) is 7.61. The number of carbonyl (C=O) groups is 1. The first kappa shape index (κ1) is 19.2. The van der Waals surface area contributed by atoms with Crippen molar-refractivity contribution in [3.05, 3.63) is 87.5 Å². The Kier molecular flexibility index (Phi) is 6.93. The van der Waals surface area contributed by atoms with E-state index in [1.165, 1.54) is 24.3 Å². The number of esters is 1. The van der Waals surface area contributed by atoms with Gasteiger partial charge < -0.3 is 9.47 Å². The third-order valence-electron chi connectivity index (χ3n) is 3.25. The molecule has 0 fully saturated rings. The van der Waals surface area contributed by atoms with E-state index < -0.39 is 10.9 Å². The summed E-state index contributed by atoms with van der Waals surface area (Å²) in [7, 11) is 0. The molecule has 26 heavy (non-hydrogen) atoms. The lowest BCUT2D eigenvalue weighted by atomic mass is 10.2. The molecule has 2 aromatic carbocycles. The summed E-state index contributed by atoms with van der Waals surface area (Å²) in [4.78, 5) is 21.6. The van der Waals surface area contributed by atoms with Gasteiger partial charge in [-0.2, -0.15) is 0 Å². The summed E-state index contributed by atoms with van der Waals surface area (Å²) in [6, 6.07) is 11.2. The summed E-state index contributed by atoms with van der Waals surface area (Å²) in [5.41, 5.74) is 1.52. The van der Waals surface area contributed by atoms with Crippen molar-refractivity contribution in [1.29, 1.82) is 0 Å². The molecule has 0 spiro atoms. The Hall–Kier alpha value is -3.12. The van der Waals surface area contributed by atoms with Crippen LogP contribution in [0.2, 0.25) is 5.02 Å². The number of benzene rings is 2. The summed E-state index contributed by atoms with van der Waals surface area (Å²) in [6.07, 6.45) is 4.36. The molecule has 0 unspecified atom stereocenters. The van der Waals surface area contributed by atoms with Crippen LogP contribution in [0.3, 0.4) is 0 Å². The van der Waals surface area contributed by atoms with Gasteiger partial charge in [-0.3, -0.25) is 10.1 Å². The van der Waals surface area contributed by atoms with E-state index >= 15 is 0 Å². The molecule has 7 heteroatoms. The third-order valence-corrected chi connectivity index (χ3v) is 3.55. The maximum atomic E-state index is 11.4. The zero-order valence-corrected chi connectivity index (χ0v) is 14.5. The van der Waals surface area contributed by atoms with Gasteiger partial charge in [0.2, 0.25) is 0 Å². The summed E-state index contributed by atoms with van der Waals surface area (Å²) < 4.78 is 10.5. The molecule has 2 rings (SSSR count). The molecule has 0 saturated carbocycles. The van der Waals surface area contributed by atoms with Gasteiger partial charge in [-0.05, 0) is 41.5 Å². The molecular formula is C19H16ClNO5. The Labute approximate surface area is 155 Å². The number of hydrogen-bond acceptors (Lipinski definition) is 5. The largest absolute Gasteiger partial charge is 0.487 e. The summed E-state index contributed by atoms with van der Waals surface area (Å²) in [6.45, 7) is 3.84. The predicted molar refractivity (Wildman–Crippen MR) is 99.1 cm³/mol. The lowest BCUT2D eigenvalue weighted by Gasteiger charge is -2.08. The normalized spacial score (nSPS) is 10.5. The Morgan fingerprint density at radius 3 is 2.58 bits per heavy atom. The lowest BCUT2D eigenvalue weighted by Crippen LogP contribution is -1.99. The van der Waals surface area contributed by atoms with E-state index in [4.69, 9.17) is 21.1 Å². The zero-order valence-electron chi connectivity index (χ0n) is 13.8. The highest BCUT2D eigenvalue weighted by molar-refractivity contribution is 6.32. The lowest BCUT2D eigenvalue weighted by molar-refractivity contribution is -0.384. The van der Waals surface area contributed by atoms with Crippen molar-refractivity contribution in [2.45, 2.75) is 6.61 Å². The van der Waals surface area contributed by atoms with Gasteiger partial charge in [0.15, 0.2) is 0 Å². The molecular weight excluding hydrogens is 358 g/mol. The van der Waals surface area contributed by atoms with Gasteiger partial charge in [0.1, 0.15) is 19.0 Å². The van der Waals surface area contributed by atoms with E-state index in [1.54, 1.807) is 36.4 Å². The van der Waals surface area contributed by atoms with Gasteiger partial charge in [-0.25, -0.2) is 4.79 Å². The van der Waals surface area contributed by atoms with Crippen LogP contribution in [0.25, 0.3) is 6.08 Å². The molecule has 0 amide bonds. The highest BCUT2D eigenvalue weighted by atomic mass is 35.5. The maximum Gasteiger partial charge on any atom is 0.331 e. The average Bonchev–Trinajstić information content (AvgIpc) is 2.64. The number of hydrogen-bond donors (Lipinski definition) is 0. The van der Waals surface area contributed by atoms with Crippen molar-refractivity contribution in [2.75, 3.05) is 6.61 Å². The second kappa shape index (κ2) is 9.39. The van der Waals surface area contributed by atoms with Crippen LogP contribution in [-0.4, -0.2) is 17.5 Å². The number of ether oxygens (including phenoxy) is 2. The van der Waals surface area contributed by atoms with E-state index in [0.29, 0.717) is 16.3 Å². The van der Waals surface area contributed by atoms with Crippen LogP contribution >= 0.6 is 11.6 Å². The molecule has 0 aliphatic heterocycles. The van der Waals surface area contributed by atoms with Gasteiger partial charge in [-0.15, -0.1) is 0 Å². The average molecular weight is 374 g/mol. The Morgan fingerprint density at radius 1 is 1.23 bits per heavy atom. The zero-order chi connectivity index (χ0) is 18.9. The third kappa shape index (κ3) is 5.75. The fraction of sp³-hybridized carbons (Fsp3) is 0.105. The number of non-ortho nitro benzene ring substituents is 1. The van der Waals surface area contributed by atoms with Crippen molar-refractivity contribution in [1.82, 2.24) is 0 Å². The minimum absolute atomic E-state index is 0.0227. The molecule has 0 N–H and O–H groups in total. The van der Waals surface area contributed by atoms with E-state index in [9.17, 15) is 14.9 Å². The van der Waals surface area contributed by atoms with Gasteiger partial charge in [0, 0.05) is 18.2 Å². The van der Waals surface area contributed by atoms with Crippen LogP contribution in [0.1, 0.15) is 11.1 Å². The number of carbonyl (C=O) groups excluding carboxylic acids is 1. The van der Waals surface area contributed by atoms with Crippen LogP contribution in [0.5, 0.6) is 5.75 Å². The summed E-state index contributed by atoms with van der Waals surface area (Å²) >= 11 is 6.18. The minimum Gasteiger partial charge on any atom is -0.487 e. The van der Waals surface area contributed by atoms with E-state index in [2.05, 4.69) is 6.58 Å². The molecule has 6 nitrogen and oxygen atoms in total. The molecule has 0 radical (unpaired) electrons. The van der Waals surface area contributed by atoms with Crippen molar-refractivity contribution in [3.8, 4) is 5.75 Å². The topological polar surface area (TPSA) is 78.7 Å². The smallest absolute Gasteiger partial charge is 0.331 e. The SMILES string of the molecule is C=CCOC(=O)/C=C/c1ccc(OCc2ccc([N+](=O)[O-])cc2)c(Cl)c1. The second-order valence-corrected chi connectivity index (χ2v) is 5.56. The summed E-state index contributed by atoms with van der Waals surface area (Å²) in [5, 5.41) is 11.0. The van der Waals surface area contributed by atoms with E-state index in [1.807, 2.05) is 0 Å². The van der Waals surface area contributed by atoms with Crippen LogP contribution in [0.4, 0.5) is 5.69 Å². The highest BCUT2D eigenvalue weighted by Crippen LogP contribution is 2.27. The van der Waals surface area contributed by atoms with Gasteiger partial charge in [0.05, 0.1) is 9.95 Å².